The zero-order chi connectivity index (χ0) is 19.2. The molecule has 142 valence electrons. The van der Waals surface area contributed by atoms with Crippen molar-refractivity contribution in [2.45, 2.75) is 51.4 Å². The van der Waals surface area contributed by atoms with Crippen LogP contribution in [0.4, 0.5) is 0 Å². The van der Waals surface area contributed by atoms with Gasteiger partial charge >= 0.3 is 7.12 Å². The Morgan fingerprint density at radius 1 is 1.00 bits per heavy atom. The monoisotopic (exact) mass is 366 g/mol. The lowest BCUT2D eigenvalue weighted by Crippen LogP contribution is -2.41. The Labute approximate surface area is 161 Å². The van der Waals surface area contributed by atoms with Gasteiger partial charge in [0.05, 0.1) is 23.9 Å². The van der Waals surface area contributed by atoms with Crippen molar-refractivity contribution in [3.63, 3.8) is 0 Å². The zero-order valence-corrected chi connectivity index (χ0v) is 16.4. The average molecular weight is 366 g/mol. The van der Waals surface area contributed by atoms with E-state index in [0.29, 0.717) is 6.61 Å². The second kappa shape index (κ2) is 6.66. The predicted octanol–water partition coefficient (Wildman–Crippen LogP) is 3.27. The van der Waals surface area contributed by atoms with Crippen molar-refractivity contribution in [2.24, 2.45) is 5.92 Å². The Hall–Kier alpha value is -1.82. The van der Waals surface area contributed by atoms with Crippen molar-refractivity contribution in [3.05, 3.63) is 59.7 Å². The highest BCUT2D eigenvalue weighted by atomic mass is 16.7. The van der Waals surface area contributed by atoms with Crippen molar-refractivity contribution in [2.75, 3.05) is 6.61 Å². The smallest absolute Gasteiger partial charge is 0.493 e. The van der Waals surface area contributed by atoms with E-state index < -0.39 is 13.2 Å². The normalized spacial score (nSPS) is 25.7. The first-order chi connectivity index (χ1) is 12.8. The van der Waals surface area contributed by atoms with Crippen molar-refractivity contribution >= 4 is 12.6 Å². The molecule has 4 rings (SSSR count). The largest absolute Gasteiger partial charge is 0.494 e. The molecule has 2 aliphatic rings. The zero-order valence-electron chi connectivity index (χ0n) is 16.4. The van der Waals surface area contributed by atoms with Gasteiger partial charge < -0.3 is 19.2 Å². The number of fused-ring (bicyclic) bond motifs is 1. The van der Waals surface area contributed by atoms with Crippen molar-refractivity contribution in [1.82, 2.24) is 0 Å². The summed E-state index contributed by atoms with van der Waals surface area (Å²) in [7, 11) is -0.428. The molecule has 2 atom stereocenters. The Morgan fingerprint density at radius 2 is 1.67 bits per heavy atom. The molecule has 0 spiro atoms. The van der Waals surface area contributed by atoms with Crippen LogP contribution in [0.2, 0.25) is 0 Å². The van der Waals surface area contributed by atoms with Gasteiger partial charge in [-0.3, -0.25) is 0 Å². The highest BCUT2D eigenvalue weighted by molar-refractivity contribution is 6.62. The predicted molar refractivity (Wildman–Crippen MR) is 106 cm³/mol. The van der Waals surface area contributed by atoms with Crippen LogP contribution in [0.25, 0.3) is 0 Å². The van der Waals surface area contributed by atoms with Gasteiger partial charge in [-0.1, -0.05) is 42.5 Å². The molecule has 1 fully saturated rings. The molecule has 0 aliphatic carbocycles. The molecule has 27 heavy (non-hydrogen) atoms. The third-order valence-electron chi connectivity index (χ3n) is 6.12. The molecule has 0 aromatic heterocycles. The van der Waals surface area contributed by atoms with E-state index in [-0.39, 0.29) is 17.1 Å². The summed E-state index contributed by atoms with van der Waals surface area (Å²) in [6.07, 6.45) is 0.252. The van der Waals surface area contributed by atoms with Crippen LogP contribution in [0.15, 0.2) is 48.5 Å². The van der Waals surface area contributed by atoms with Gasteiger partial charge in [-0.15, -0.1) is 0 Å². The number of hydrogen-bond acceptors (Lipinski definition) is 4. The van der Waals surface area contributed by atoms with Crippen LogP contribution in [0.1, 0.15) is 44.9 Å². The van der Waals surface area contributed by atoms with Gasteiger partial charge in [0, 0.05) is 11.5 Å². The molecule has 2 aromatic rings. The fourth-order valence-corrected chi connectivity index (χ4v) is 3.68. The number of aliphatic hydroxyl groups excluding tert-OH is 1. The highest BCUT2D eigenvalue weighted by Gasteiger charge is 2.52. The van der Waals surface area contributed by atoms with E-state index in [1.807, 2.05) is 64.1 Å². The fourth-order valence-electron chi connectivity index (χ4n) is 3.68. The van der Waals surface area contributed by atoms with Crippen LogP contribution in [-0.2, 0) is 15.7 Å². The topological polar surface area (TPSA) is 47.9 Å². The van der Waals surface area contributed by atoms with Gasteiger partial charge in [-0.25, -0.2) is 0 Å². The Bertz CT molecular complexity index is 802. The van der Waals surface area contributed by atoms with Crippen LogP contribution in [0, 0.1) is 5.92 Å². The van der Waals surface area contributed by atoms with Gasteiger partial charge in [0.15, 0.2) is 0 Å². The van der Waals surface area contributed by atoms with Crippen molar-refractivity contribution in [1.29, 1.82) is 0 Å². The minimum Gasteiger partial charge on any atom is -0.493 e. The van der Waals surface area contributed by atoms with E-state index in [0.717, 1.165) is 23.2 Å². The Kier molecular flexibility index (Phi) is 4.57. The summed E-state index contributed by atoms with van der Waals surface area (Å²) in [6.45, 7) is 8.66. The second-order valence-electron chi connectivity index (χ2n) is 8.59. The van der Waals surface area contributed by atoms with E-state index in [9.17, 15) is 5.11 Å². The number of ether oxygens (including phenoxy) is 1. The first kappa shape index (κ1) is 18.5. The van der Waals surface area contributed by atoms with Crippen molar-refractivity contribution < 1.29 is 19.2 Å². The summed E-state index contributed by atoms with van der Waals surface area (Å²) in [6, 6.07) is 16.1. The minimum absolute atomic E-state index is 0.0441. The maximum atomic E-state index is 10.9. The molecule has 0 unspecified atom stereocenters. The first-order valence-electron chi connectivity index (χ1n) is 9.61. The van der Waals surface area contributed by atoms with E-state index in [1.165, 1.54) is 5.56 Å². The van der Waals surface area contributed by atoms with Gasteiger partial charge in [0.2, 0.25) is 0 Å². The summed E-state index contributed by atoms with van der Waals surface area (Å²) < 4.78 is 18.3. The van der Waals surface area contributed by atoms with E-state index >= 15 is 0 Å². The van der Waals surface area contributed by atoms with Gasteiger partial charge in [-0.2, -0.15) is 0 Å². The maximum absolute atomic E-state index is 10.9. The molecule has 1 N–H and O–H groups in total. The third-order valence-corrected chi connectivity index (χ3v) is 6.12. The fraction of sp³-hybridized carbons (Fsp3) is 0.455. The van der Waals surface area contributed by atoms with Gasteiger partial charge in [-0.05, 0) is 51.2 Å². The lowest BCUT2D eigenvalue weighted by atomic mass is 9.77. The lowest BCUT2D eigenvalue weighted by Gasteiger charge is -2.32. The molecule has 5 heteroatoms. The molecule has 2 heterocycles. The Morgan fingerprint density at radius 3 is 2.33 bits per heavy atom. The molecule has 0 saturated carbocycles. The van der Waals surface area contributed by atoms with Crippen LogP contribution < -0.4 is 10.2 Å². The summed E-state index contributed by atoms with van der Waals surface area (Å²) in [5, 5.41) is 10.9. The minimum atomic E-state index is -0.540. The summed E-state index contributed by atoms with van der Waals surface area (Å²) in [4.78, 5) is 0. The van der Waals surface area contributed by atoms with E-state index in [2.05, 4.69) is 12.1 Å². The summed E-state index contributed by atoms with van der Waals surface area (Å²) >= 11 is 0. The Balaban J connectivity index is 1.53. The number of benzene rings is 2. The highest BCUT2D eigenvalue weighted by Crippen LogP contribution is 2.39. The molecule has 0 bridgehead atoms. The quantitative estimate of drug-likeness (QED) is 0.848. The average Bonchev–Trinajstić information content (AvgIpc) is 2.86. The third kappa shape index (κ3) is 3.40. The molecule has 2 aromatic carbocycles. The van der Waals surface area contributed by atoms with Gasteiger partial charge in [0.25, 0.3) is 0 Å². The number of aliphatic hydroxyl groups is 1. The molecular weight excluding hydrogens is 339 g/mol. The second-order valence-corrected chi connectivity index (χ2v) is 8.59. The first-order valence-corrected chi connectivity index (χ1v) is 9.61. The van der Waals surface area contributed by atoms with E-state index in [1.54, 1.807) is 0 Å². The molecule has 2 aliphatic heterocycles. The van der Waals surface area contributed by atoms with Crippen LogP contribution >= 0.6 is 0 Å². The molecule has 0 amide bonds. The van der Waals surface area contributed by atoms with Gasteiger partial charge in [0.1, 0.15) is 5.75 Å². The van der Waals surface area contributed by atoms with E-state index in [4.69, 9.17) is 14.0 Å². The number of hydrogen-bond donors (Lipinski definition) is 1. The lowest BCUT2D eigenvalue weighted by molar-refractivity contribution is 0.00578. The van der Waals surface area contributed by atoms with Crippen LogP contribution in [0.5, 0.6) is 5.75 Å². The summed E-state index contributed by atoms with van der Waals surface area (Å²) in [5.41, 5.74) is 2.20. The molecule has 4 nitrogen and oxygen atoms in total. The maximum Gasteiger partial charge on any atom is 0.494 e. The molecule has 0 radical (unpaired) electrons. The number of rotatable bonds is 3. The SMILES string of the molecule is CC1(C)OB(c2ccc3c(c2)OC[C@@H](Cc2ccccc2)[C@@H]3O)OC1(C)C. The van der Waals surface area contributed by atoms with Crippen molar-refractivity contribution in [3.8, 4) is 5.75 Å². The molecular formula is C22H27BO4. The molecule has 1 saturated heterocycles. The van der Waals surface area contributed by atoms with Crippen LogP contribution in [0.3, 0.4) is 0 Å². The summed E-state index contributed by atoms with van der Waals surface area (Å²) in [5.74, 6) is 0.765. The standard InChI is InChI=1S/C22H27BO4/c1-21(2)22(3,4)27-23(26-21)17-10-11-18-19(13-17)25-14-16(20(18)24)12-15-8-6-5-7-9-15/h5-11,13,16,20,24H,12,14H2,1-4H3/t16-,20+/m1/s1. The van der Waals surface area contributed by atoms with Crippen LogP contribution in [-0.4, -0.2) is 30.0 Å².